The fourth-order valence-corrected chi connectivity index (χ4v) is 3.87. The molecule has 1 aliphatic carbocycles. The highest BCUT2D eigenvalue weighted by atomic mass is 19.1. The molecule has 1 aliphatic heterocycles. The second-order valence-corrected chi connectivity index (χ2v) is 7.52. The average molecular weight is 381 g/mol. The predicted molar refractivity (Wildman–Crippen MR) is 101 cm³/mol. The van der Waals surface area contributed by atoms with Crippen LogP contribution >= 0.6 is 0 Å². The van der Waals surface area contributed by atoms with Crippen LogP contribution in [0.5, 0.6) is 5.75 Å². The van der Waals surface area contributed by atoms with Gasteiger partial charge in [0, 0.05) is 12.6 Å². The first-order valence-corrected chi connectivity index (χ1v) is 9.30. The molecule has 2 bridgehead atoms. The van der Waals surface area contributed by atoms with Gasteiger partial charge in [-0.15, -0.1) is 5.10 Å². The van der Waals surface area contributed by atoms with Gasteiger partial charge in [0.1, 0.15) is 24.0 Å². The van der Waals surface area contributed by atoms with Gasteiger partial charge in [0.15, 0.2) is 11.3 Å². The largest absolute Gasteiger partial charge is 0.491 e. The first-order valence-electron chi connectivity index (χ1n) is 9.30. The summed E-state index contributed by atoms with van der Waals surface area (Å²) >= 11 is 0. The minimum absolute atomic E-state index is 0.243. The number of hydrogen-bond acceptors (Lipinski definition) is 5. The van der Waals surface area contributed by atoms with Crippen molar-refractivity contribution in [3.05, 3.63) is 53.6 Å². The second-order valence-electron chi connectivity index (χ2n) is 7.52. The maximum Gasteiger partial charge on any atom is 0.271 e. The number of anilines is 1. The molecule has 5 rings (SSSR count). The number of halogens is 1. The molecule has 3 aromatic rings. The first-order chi connectivity index (χ1) is 13.5. The first kappa shape index (κ1) is 17.0. The molecule has 2 aliphatic rings. The van der Waals surface area contributed by atoms with Crippen LogP contribution in [0.3, 0.4) is 0 Å². The van der Waals surface area contributed by atoms with Crippen LogP contribution < -0.4 is 15.0 Å². The number of carbonyl (C=O) groups is 1. The van der Waals surface area contributed by atoms with E-state index in [1.54, 1.807) is 16.6 Å². The van der Waals surface area contributed by atoms with Crippen LogP contribution in [0, 0.1) is 5.82 Å². The van der Waals surface area contributed by atoms with Gasteiger partial charge in [-0.1, -0.05) is 0 Å². The number of rotatable bonds is 0. The number of nitrogens with zero attached hydrogens (tertiary/aromatic N) is 4. The number of aromatic nitrogens is 3. The van der Waals surface area contributed by atoms with Crippen LogP contribution in [-0.2, 0) is 5.54 Å². The van der Waals surface area contributed by atoms with Gasteiger partial charge in [-0.05, 0) is 50.1 Å². The van der Waals surface area contributed by atoms with Gasteiger partial charge in [0.2, 0.25) is 0 Å². The molecule has 1 atom stereocenters. The topological polar surface area (TPSA) is 71.8 Å². The molecular formula is C20H20FN5O2. The molecule has 1 amide bonds. The fraction of sp³-hybridized carbons (Fsp3) is 0.350. The van der Waals surface area contributed by atoms with Crippen molar-refractivity contribution in [1.82, 2.24) is 19.9 Å². The molecule has 1 N–H and O–H groups in total. The van der Waals surface area contributed by atoms with Crippen LogP contribution in [-0.4, -0.2) is 40.2 Å². The van der Waals surface area contributed by atoms with Gasteiger partial charge in [0.05, 0.1) is 17.8 Å². The highest BCUT2D eigenvalue weighted by molar-refractivity contribution is 5.93. The Hall–Kier alpha value is -3.16. The van der Waals surface area contributed by atoms with Crippen molar-refractivity contribution in [2.45, 2.75) is 31.3 Å². The summed E-state index contributed by atoms with van der Waals surface area (Å²) in [6.45, 7) is 2.14. The zero-order valence-electron chi connectivity index (χ0n) is 15.6. The molecule has 0 saturated heterocycles. The zero-order valence-corrected chi connectivity index (χ0v) is 15.6. The molecule has 8 heteroatoms. The number of benzene rings is 1. The van der Waals surface area contributed by atoms with E-state index < -0.39 is 0 Å². The summed E-state index contributed by atoms with van der Waals surface area (Å²) in [5.74, 6) is 0.747. The van der Waals surface area contributed by atoms with Crippen LogP contribution in [0.1, 0.15) is 35.8 Å². The van der Waals surface area contributed by atoms with Crippen LogP contribution in [0.15, 0.2) is 36.5 Å². The van der Waals surface area contributed by atoms with Crippen molar-refractivity contribution in [1.29, 1.82) is 0 Å². The summed E-state index contributed by atoms with van der Waals surface area (Å²) in [7, 11) is 1.94. The van der Waals surface area contributed by atoms with E-state index in [0.717, 1.165) is 18.4 Å². The maximum atomic E-state index is 14.1. The monoisotopic (exact) mass is 381 g/mol. The third-order valence-corrected chi connectivity index (χ3v) is 5.60. The fourth-order valence-electron chi connectivity index (χ4n) is 3.87. The Labute approximate surface area is 161 Å². The molecule has 1 fully saturated rings. The normalized spacial score (nSPS) is 20.8. The summed E-state index contributed by atoms with van der Waals surface area (Å²) in [4.78, 5) is 19.0. The SMILES string of the molecule is C[C@@H]1COc2ccc(F)cc2C2(CC2)N(C)c2ccc3ncc(n3n2)C(=O)N1. The number of ether oxygens (including phenoxy) is 1. The van der Waals surface area contributed by atoms with E-state index in [2.05, 4.69) is 15.4 Å². The van der Waals surface area contributed by atoms with Gasteiger partial charge in [0.25, 0.3) is 5.91 Å². The van der Waals surface area contributed by atoms with Crippen molar-refractivity contribution in [2.75, 3.05) is 18.6 Å². The standard InChI is InChI=1S/C20H20FN5O2/c1-12-11-28-16-4-3-13(21)9-14(16)20(7-8-20)25(2)18-6-5-17-22-10-15(19(27)23-12)26(17)24-18/h3-6,9-10,12H,7-8,11H2,1-2H3,(H,23,27)/t12-/m1/s1. The minimum Gasteiger partial charge on any atom is -0.491 e. The van der Waals surface area contributed by atoms with Crippen molar-refractivity contribution < 1.29 is 13.9 Å². The molecule has 1 spiro atoms. The van der Waals surface area contributed by atoms with Crippen molar-refractivity contribution in [3.8, 4) is 5.75 Å². The summed E-state index contributed by atoms with van der Waals surface area (Å²) in [5, 5.41) is 7.56. The lowest BCUT2D eigenvalue weighted by Gasteiger charge is -2.31. The number of carbonyl (C=O) groups excluding carboxylic acids is 1. The Bertz CT molecular complexity index is 1090. The quantitative estimate of drug-likeness (QED) is 0.648. The van der Waals surface area contributed by atoms with E-state index in [4.69, 9.17) is 4.74 Å². The number of hydrogen-bond donors (Lipinski definition) is 1. The van der Waals surface area contributed by atoms with Gasteiger partial charge in [-0.3, -0.25) is 4.79 Å². The third kappa shape index (κ3) is 2.51. The summed E-state index contributed by atoms with van der Waals surface area (Å²) in [5.41, 5.74) is 1.38. The number of fused-ring (bicyclic) bond motifs is 3. The van der Waals surface area contributed by atoms with Crippen molar-refractivity contribution in [2.24, 2.45) is 0 Å². The Morgan fingerprint density at radius 2 is 2.11 bits per heavy atom. The Kier molecular flexibility index (Phi) is 3.59. The number of nitrogens with one attached hydrogen (secondary N) is 1. The van der Waals surface area contributed by atoms with Gasteiger partial charge in [-0.25, -0.2) is 13.9 Å². The lowest BCUT2D eigenvalue weighted by Crippen LogP contribution is -2.37. The lowest BCUT2D eigenvalue weighted by molar-refractivity contribution is 0.0919. The molecule has 2 aromatic heterocycles. The average Bonchev–Trinajstić information content (AvgIpc) is 3.38. The lowest BCUT2D eigenvalue weighted by atomic mass is 10.0. The number of imidazole rings is 1. The van der Waals surface area contributed by atoms with Gasteiger partial charge >= 0.3 is 0 Å². The second kappa shape index (κ2) is 5.92. The van der Waals surface area contributed by atoms with E-state index in [1.807, 2.05) is 31.0 Å². The van der Waals surface area contributed by atoms with E-state index in [1.165, 1.54) is 12.3 Å². The smallest absolute Gasteiger partial charge is 0.271 e. The molecule has 0 unspecified atom stereocenters. The summed E-state index contributed by atoms with van der Waals surface area (Å²) < 4.78 is 21.7. The Balaban J connectivity index is 1.70. The van der Waals surface area contributed by atoms with E-state index in [0.29, 0.717) is 22.9 Å². The van der Waals surface area contributed by atoms with Gasteiger partial charge < -0.3 is 15.0 Å². The van der Waals surface area contributed by atoms with Crippen LogP contribution in [0.25, 0.3) is 5.65 Å². The van der Waals surface area contributed by atoms with Crippen molar-refractivity contribution >= 4 is 17.4 Å². The summed E-state index contributed by atoms with van der Waals surface area (Å²) in [6.07, 6.45) is 3.25. The molecule has 144 valence electrons. The summed E-state index contributed by atoms with van der Waals surface area (Å²) in [6, 6.07) is 8.06. The molecule has 7 nitrogen and oxygen atoms in total. The molecular weight excluding hydrogens is 361 g/mol. The minimum atomic E-state index is -0.381. The predicted octanol–water partition coefficient (Wildman–Crippen LogP) is 2.50. The highest BCUT2D eigenvalue weighted by Crippen LogP contribution is 2.54. The van der Waals surface area contributed by atoms with Gasteiger partial charge in [-0.2, -0.15) is 0 Å². The Morgan fingerprint density at radius 1 is 1.29 bits per heavy atom. The molecule has 0 radical (unpaired) electrons. The van der Waals surface area contributed by atoms with E-state index in [-0.39, 0.29) is 29.9 Å². The van der Waals surface area contributed by atoms with Crippen molar-refractivity contribution in [3.63, 3.8) is 0 Å². The van der Waals surface area contributed by atoms with E-state index >= 15 is 0 Å². The molecule has 1 saturated carbocycles. The van der Waals surface area contributed by atoms with Crippen LogP contribution in [0.4, 0.5) is 10.2 Å². The third-order valence-electron chi connectivity index (χ3n) is 5.60. The molecule has 3 heterocycles. The van der Waals surface area contributed by atoms with Crippen LogP contribution in [0.2, 0.25) is 0 Å². The van der Waals surface area contributed by atoms with E-state index in [9.17, 15) is 9.18 Å². The molecule has 28 heavy (non-hydrogen) atoms. The Morgan fingerprint density at radius 3 is 2.89 bits per heavy atom. The molecule has 1 aromatic carbocycles. The highest BCUT2D eigenvalue weighted by Gasteiger charge is 2.51. The number of amides is 1. The maximum absolute atomic E-state index is 14.1. The zero-order chi connectivity index (χ0) is 19.5.